The van der Waals surface area contributed by atoms with Gasteiger partial charge in [-0.2, -0.15) is 5.10 Å². The molecule has 26 heavy (non-hydrogen) atoms. The average Bonchev–Trinajstić information content (AvgIpc) is 2.66. The molecule has 0 atom stereocenters. The van der Waals surface area contributed by atoms with E-state index >= 15 is 0 Å². The van der Waals surface area contributed by atoms with Gasteiger partial charge in [0.1, 0.15) is 5.69 Å². The van der Waals surface area contributed by atoms with Crippen LogP contribution in [0.25, 0.3) is 0 Å². The number of hydrogen-bond acceptors (Lipinski definition) is 3. The van der Waals surface area contributed by atoms with Gasteiger partial charge in [-0.15, -0.1) is 0 Å². The minimum atomic E-state index is -0.338. The highest BCUT2D eigenvalue weighted by Crippen LogP contribution is 2.12. The van der Waals surface area contributed by atoms with Crippen LogP contribution in [-0.2, 0) is 13.0 Å². The summed E-state index contributed by atoms with van der Waals surface area (Å²) in [5.41, 5.74) is 2.86. The first kappa shape index (κ1) is 17.6. The summed E-state index contributed by atoms with van der Waals surface area (Å²) in [5, 5.41) is 7.02. The Balaban J connectivity index is 1.75. The van der Waals surface area contributed by atoms with E-state index in [0.717, 1.165) is 18.4 Å². The maximum absolute atomic E-state index is 12.5. The lowest BCUT2D eigenvalue weighted by atomic mass is 10.1. The molecule has 0 aliphatic rings. The van der Waals surface area contributed by atoms with Gasteiger partial charge in [-0.3, -0.25) is 9.59 Å². The largest absolute Gasteiger partial charge is 0.321 e. The van der Waals surface area contributed by atoms with Crippen LogP contribution in [0.4, 0.5) is 5.69 Å². The molecule has 1 amide bonds. The third-order valence-corrected chi connectivity index (χ3v) is 4.02. The van der Waals surface area contributed by atoms with E-state index in [0.29, 0.717) is 12.2 Å². The zero-order chi connectivity index (χ0) is 18.4. The molecule has 5 nitrogen and oxygen atoms in total. The normalized spacial score (nSPS) is 10.5. The minimum absolute atomic E-state index is 0.207. The van der Waals surface area contributed by atoms with E-state index in [2.05, 4.69) is 17.3 Å². The van der Waals surface area contributed by atoms with Gasteiger partial charge in [0, 0.05) is 11.8 Å². The smallest absolute Gasteiger partial charge is 0.276 e. The minimum Gasteiger partial charge on any atom is -0.321 e. The Morgan fingerprint density at radius 2 is 1.69 bits per heavy atom. The predicted octanol–water partition coefficient (Wildman–Crippen LogP) is 3.50. The van der Waals surface area contributed by atoms with E-state index in [1.165, 1.54) is 22.4 Å². The number of nitrogens with zero attached hydrogens (tertiary/aromatic N) is 2. The zero-order valence-corrected chi connectivity index (χ0v) is 14.7. The van der Waals surface area contributed by atoms with Gasteiger partial charge >= 0.3 is 0 Å². The summed E-state index contributed by atoms with van der Waals surface area (Å²) >= 11 is 0. The number of anilines is 1. The highest BCUT2D eigenvalue weighted by atomic mass is 16.2. The van der Waals surface area contributed by atoms with Crippen LogP contribution < -0.4 is 10.9 Å². The maximum atomic E-state index is 12.5. The van der Waals surface area contributed by atoms with Crippen LogP contribution in [0.5, 0.6) is 0 Å². The second kappa shape index (κ2) is 8.25. The summed E-state index contributed by atoms with van der Waals surface area (Å²) in [7, 11) is 0. The molecular formula is C21H21N3O2. The van der Waals surface area contributed by atoms with Crippen molar-refractivity contribution in [3.05, 3.63) is 93.9 Å². The molecule has 0 fully saturated rings. The van der Waals surface area contributed by atoms with Crippen molar-refractivity contribution >= 4 is 11.6 Å². The van der Waals surface area contributed by atoms with Crippen molar-refractivity contribution in [2.45, 2.75) is 26.3 Å². The first-order valence-electron chi connectivity index (χ1n) is 8.68. The molecule has 0 saturated carbocycles. The Morgan fingerprint density at radius 3 is 2.38 bits per heavy atom. The van der Waals surface area contributed by atoms with Crippen LogP contribution in [0.15, 0.2) is 71.5 Å². The van der Waals surface area contributed by atoms with Crippen LogP contribution in [0.1, 0.15) is 35.0 Å². The third kappa shape index (κ3) is 4.45. The molecular weight excluding hydrogens is 326 g/mol. The van der Waals surface area contributed by atoms with Crippen LogP contribution >= 0.6 is 0 Å². The molecule has 5 heteroatoms. The van der Waals surface area contributed by atoms with Gasteiger partial charge in [0.25, 0.3) is 11.5 Å². The van der Waals surface area contributed by atoms with Crippen molar-refractivity contribution in [2.24, 2.45) is 0 Å². The lowest BCUT2D eigenvalue weighted by molar-refractivity contribution is 0.102. The Labute approximate surface area is 152 Å². The summed E-state index contributed by atoms with van der Waals surface area (Å²) in [6, 6.07) is 20.1. The molecule has 0 unspecified atom stereocenters. The highest BCUT2D eigenvalue weighted by Gasteiger charge is 2.10. The first-order valence-corrected chi connectivity index (χ1v) is 8.68. The van der Waals surface area contributed by atoms with Gasteiger partial charge in [-0.1, -0.05) is 55.8 Å². The third-order valence-electron chi connectivity index (χ3n) is 4.02. The van der Waals surface area contributed by atoms with Crippen LogP contribution in [-0.4, -0.2) is 15.7 Å². The molecule has 0 bridgehead atoms. The summed E-state index contributed by atoms with van der Waals surface area (Å²) in [6.45, 7) is 2.46. The molecule has 2 aromatic carbocycles. The molecule has 0 spiro atoms. The van der Waals surface area contributed by atoms with Gasteiger partial charge in [-0.25, -0.2) is 4.68 Å². The number of amides is 1. The van der Waals surface area contributed by atoms with Crippen molar-refractivity contribution in [2.75, 3.05) is 5.32 Å². The van der Waals surface area contributed by atoms with E-state index in [4.69, 9.17) is 0 Å². The molecule has 0 saturated heterocycles. The lowest BCUT2D eigenvalue weighted by Crippen LogP contribution is -2.26. The summed E-state index contributed by atoms with van der Waals surface area (Å²) in [6.07, 6.45) is 2.10. The van der Waals surface area contributed by atoms with Gasteiger partial charge in [-0.05, 0) is 35.7 Å². The van der Waals surface area contributed by atoms with Crippen molar-refractivity contribution < 1.29 is 4.79 Å². The Bertz CT molecular complexity index is 931. The standard InChI is InChI=1S/C21H21N3O2/c1-2-6-16-9-11-18(12-10-16)22-21(26)19-13-14-20(25)24(23-19)15-17-7-4-3-5-8-17/h3-5,7-14H,2,6,15H2,1H3,(H,22,26). The summed E-state index contributed by atoms with van der Waals surface area (Å²) < 4.78 is 1.30. The fraction of sp³-hybridized carbons (Fsp3) is 0.190. The molecule has 0 aliphatic carbocycles. The van der Waals surface area contributed by atoms with Gasteiger partial charge in [0.15, 0.2) is 0 Å². The molecule has 1 N–H and O–H groups in total. The molecule has 3 aromatic rings. The number of benzene rings is 2. The van der Waals surface area contributed by atoms with E-state index in [1.807, 2.05) is 54.6 Å². The van der Waals surface area contributed by atoms with Crippen molar-refractivity contribution in [1.29, 1.82) is 0 Å². The summed E-state index contributed by atoms with van der Waals surface area (Å²) in [5.74, 6) is -0.338. The Kier molecular flexibility index (Phi) is 5.59. The number of rotatable bonds is 6. The number of hydrogen-bond donors (Lipinski definition) is 1. The number of carbonyl (C=O) groups excluding carboxylic acids is 1. The molecule has 0 aliphatic heterocycles. The summed E-state index contributed by atoms with van der Waals surface area (Å²) in [4.78, 5) is 24.5. The predicted molar refractivity (Wildman–Crippen MR) is 102 cm³/mol. The van der Waals surface area contributed by atoms with Crippen molar-refractivity contribution in [1.82, 2.24) is 9.78 Å². The van der Waals surface area contributed by atoms with Gasteiger partial charge in [0.2, 0.25) is 0 Å². The SMILES string of the molecule is CCCc1ccc(NC(=O)c2ccc(=O)n(Cc3ccccc3)n2)cc1. The number of nitrogens with one attached hydrogen (secondary N) is 1. The maximum Gasteiger partial charge on any atom is 0.276 e. The number of aromatic nitrogens is 2. The van der Waals surface area contributed by atoms with E-state index in [9.17, 15) is 9.59 Å². The fourth-order valence-corrected chi connectivity index (χ4v) is 2.68. The monoisotopic (exact) mass is 347 g/mol. The van der Waals surface area contributed by atoms with Gasteiger partial charge in [0.05, 0.1) is 6.54 Å². The number of aryl methyl sites for hydroxylation is 1. The van der Waals surface area contributed by atoms with Crippen molar-refractivity contribution in [3.63, 3.8) is 0 Å². The van der Waals surface area contributed by atoms with E-state index in [1.54, 1.807) is 0 Å². The Hall–Kier alpha value is -3.21. The second-order valence-corrected chi connectivity index (χ2v) is 6.10. The van der Waals surface area contributed by atoms with E-state index < -0.39 is 0 Å². The Morgan fingerprint density at radius 1 is 0.962 bits per heavy atom. The highest BCUT2D eigenvalue weighted by molar-refractivity contribution is 6.02. The van der Waals surface area contributed by atoms with Crippen LogP contribution in [0.3, 0.4) is 0 Å². The molecule has 0 radical (unpaired) electrons. The van der Waals surface area contributed by atoms with Crippen LogP contribution in [0, 0.1) is 0 Å². The van der Waals surface area contributed by atoms with Gasteiger partial charge < -0.3 is 5.32 Å². The quantitative estimate of drug-likeness (QED) is 0.742. The molecule has 1 heterocycles. The lowest BCUT2D eigenvalue weighted by Gasteiger charge is -2.08. The van der Waals surface area contributed by atoms with E-state index in [-0.39, 0.29) is 17.2 Å². The first-order chi connectivity index (χ1) is 12.7. The van der Waals surface area contributed by atoms with Crippen LogP contribution in [0.2, 0.25) is 0 Å². The number of carbonyl (C=O) groups is 1. The zero-order valence-electron chi connectivity index (χ0n) is 14.7. The second-order valence-electron chi connectivity index (χ2n) is 6.10. The molecule has 132 valence electrons. The van der Waals surface area contributed by atoms with Crippen molar-refractivity contribution in [3.8, 4) is 0 Å². The topological polar surface area (TPSA) is 64.0 Å². The average molecular weight is 347 g/mol. The fourth-order valence-electron chi connectivity index (χ4n) is 2.68. The molecule has 1 aromatic heterocycles. The molecule has 3 rings (SSSR count).